The predicted molar refractivity (Wildman–Crippen MR) is 90.1 cm³/mol. The molecule has 0 unspecified atom stereocenters. The number of carbonyl (C=O) groups is 1. The van der Waals surface area contributed by atoms with Crippen LogP contribution in [0.25, 0.3) is 0 Å². The fourth-order valence-corrected chi connectivity index (χ4v) is 3.34. The SMILES string of the molecule is COc1ccc2c(c1N(O)C(=O)NN(C)C)Sc1ccccc1O2. The third-order valence-corrected chi connectivity index (χ3v) is 4.44. The van der Waals surface area contributed by atoms with Crippen molar-refractivity contribution in [2.45, 2.75) is 9.79 Å². The van der Waals surface area contributed by atoms with Gasteiger partial charge in [0.2, 0.25) is 0 Å². The highest BCUT2D eigenvalue weighted by Gasteiger charge is 2.29. The Labute approximate surface area is 143 Å². The first-order valence-electron chi connectivity index (χ1n) is 7.14. The number of hydrogen-bond acceptors (Lipinski definition) is 6. The minimum Gasteiger partial charge on any atom is -0.494 e. The molecule has 0 saturated carbocycles. The summed E-state index contributed by atoms with van der Waals surface area (Å²) in [5.74, 6) is 1.64. The molecule has 0 aliphatic carbocycles. The molecule has 7 nitrogen and oxygen atoms in total. The number of fused-ring (bicyclic) bond motifs is 2. The highest BCUT2D eigenvalue weighted by molar-refractivity contribution is 7.99. The molecule has 0 spiro atoms. The molecule has 0 atom stereocenters. The summed E-state index contributed by atoms with van der Waals surface area (Å²) in [6.07, 6.45) is 0. The summed E-state index contributed by atoms with van der Waals surface area (Å²) in [5.41, 5.74) is 2.71. The van der Waals surface area contributed by atoms with Crippen LogP contribution in [0.1, 0.15) is 0 Å². The molecule has 2 N–H and O–H groups in total. The summed E-state index contributed by atoms with van der Waals surface area (Å²) < 4.78 is 11.2. The van der Waals surface area contributed by atoms with Gasteiger partial charge in [-0.1, -0.05) is 23.9 Å². The smallest absolute Gasteiger partial charge is 0.360 e. The van der Waals surface area contributed by atoms with Gasteiger partial charge in [0.15, 0.2) is 0 Å². The van der Waals surface area contributed by atoms with Gasteiger partial charge in [-0.25, -0.2) is 9.80 Å². The summed E-state index contributed by atoms with van der Waals surface area (Å²) in [5, 5.41) is 12.4. The van der Waals surface area contributed by atoms with Crippen LogP contribution in [-0.4, -0.2) is 37.5 Å². The number of hydrazine groups is 1. The number of nitrogens with zero attached hydrogens (tertiary/aromatic N) is 2. The number of anilines is 1. The molecule has 1 aliphatic rings. The first-order chi connectivity index (χ1) is 11.5. The summed E-state index contributed by atoms with van der Waals surface area (Å²) in [6, 6.07) is 10.3. The molecule has 0 radical (unpaired) electrons. The highest BCUT2D eigenvalue weighted by atomic mass is 32.2. The van der Waals surface area contributed by atoms with Crippen LogP contribution in [0.3, 0.4) is 0 Å². The van der Waals surface area contributed by atoms with Crippen LogP contribution >= 0.6 is 11.8 Å². The van der Waals surface area contributed by atoms with E-state index in [1.807, 2.05) is 24.3 Å². The Hall–Kier alpha value is -2.42. The molecule has 0 saturated heterocycles. The average molecular weight is 347 g/mol. The van der Waals surface area contributed by atoms with Crippen LogP contribution in [0, 0.1) is 0 Å². The number of nitrogens with one attached hydrogen (secondary N) is 1. The molecular formula is C16H17N3O4S. The fraction of sp³-hybridized carbons (Fsp3) is 0.188. The third-order valence-electron chi connectivity index (χ3n) is 3.28. The van der Waals surface area contributed by atoms with E-state index in [-0.39, 0.29) is 5.69 Å². The van der Waals surface area contributed by atoms with E-state index in [9.17, 15) is 10.0 Å². The number of methoxy groups -OCH3 is 1. The minimum atomic E-state index is -0.703. The Morgan fingerprint density at radius 2 is 1.96 bits per heavy atom. The van der Waals surface area contributed by atoms with Gasteiger partial charge in [0.1, 0.15) is 22.9 Å². The normalized spacial score (nSPS) is 12.0. The van der Waals surface area contributed by atoms with Crippen molar-refractivity contribution >= 4 is 23.5 Å². The molecule has 0 fully saturated rings. The maximum Gasteiger partial charge on any atom is 0.360 e. The Morgan fingerprint density at radius 3 is 2.67 bits per heavy atom. The van der Waals surface area contributed by atoms with E-state index in [2.05, 4.69) is 5.43 Å². The van der Waals surface area contributed by atoms with E-state index in [0.29, 0.717) is 21.5 Å². The van der Waals surface area contributed by atoms with Crippen molar-refractivity contribution in [1.29, 1.82) is 0 Å². The van der Waals surface area contributed by atoms with Crippen molar-refractivity contribution in [3.8, 4) is 17.2 Å². The van der Waals surface area contributed by atoms with E-state index in [1.54, 1.807) is 26.2 Å². The fourth-order valence-electron chi connectivity index (χ4n) is 2.27. The summed E-state index contributed by atoms with van der Waals surface area (Å²) in [6.45, 7) is 0. The molecule has 1 aliphatic heterocycles. The van der Waals surface area contributed by atoms with Gasteiger partial charge in [0.05, 0.1) is 16.9 Å². The van der Waals surface area contributed by atoms with Gasteiger partial charge in [0, 0.05) is 14.1 Å². The molecule has 126 valence electrons. The zero-order chi connectivity index (χ0) is 17.3. The number of carbonyl (C=O) groups excluding carboxylic acids is 1. The van der Waals surface area contributed by atoms with Gasteiger partial charge in [-0.15, -0.1) is 0 Å². The number of urea groups is 1. The molecule has 0 aromatic heterocycles. The lowest BCUT2D eigenvalue weighted by atomic mass is 10.2. The van der Waals surface area contributed by atoms with Crippen molar-refractivity contribution in [3.63, 3.8) is 0 Å². The maximum absolute atomic E-state index is 12.2. The van der Waals surface area contributed by atoms with Crippen molar-refractivity contribution in [1.82, 2.24) is 10.4 Å². The number of amides is 2. The minimum absolute atomic E-state index is 0.230. The lowest BCUT2D eigenvalue weighted by Crippen LogP contribution is -2.45. The van der Waals surface area contributed by atoms with E-state index in [4.69, 9.17) is 9.47 Å². The summed E-state index contributed by atoms with van der Waals surface area (Å²) in [4.78, 5) is 13.7. The standard InChI is InChI=1S/C16H17N3O4S/c1-18(2)17-16(20)19(21)14-11(22-3)8-9-12-15(14)24-13-7-5-4-6-10(13)23-12/h4-9,21H,1-3H3,(H,17,20). The van der Waals surface area contributed by atoms with Gasteiger partial charge in [-0.2, -0.15) is 5.06 Å². The Bertz CT molecular complexity index is 782. The zero-order valence-corrected chi connectivity index (χ0v) is 14.3. The second kappa shape index (κ2) is 6.60. The van der Waals surface area contributed by atoms with Crippen LogP contribution in [0.5, 0.6) is 17.2 Å². The number of hydrogen-bond donors (Lipinski definition) is 2. The van der Waals surface area contributed by atoms with Gasteiger partial charge in [-0.05, 0) is 24.3 Å². The Balaban J connectivity index is 2.05. The van der Waals surface area contributed by atoms with Crippen LogP contribution < -0.4 is 20.0 Å². The van der Waals surface area contributed by atoms with Gasteiger partial charge >= 0.3 is 6.03 Å². The van der Waals surface area contributed by atoms with Crippen LogP contribution in [-0.2, 0) is 0 Å². The molecular weight excluding hydrogens is 330 g/mol. The highest BCUT2D eigenvalue weighted by Crippen LogP contribution is 2.53. The third kappa shape index (κ3) is 2.99. The molecule has 0 bridgehead atoms. The molecule has 2 aromatic rings. The van der Waals surface area contributed by atoms with Gasteiger partial charge in [-0.3, -0.25) is 10.6 Å². The summed E-state index contributed by atoms with van der Waals surface area (Å²) in [7, 11) is 4.78. The topological polar surface area (TPSA) is 74.3 Å². The Morgan fingerprint density at radius 1 is 1.21 bits per heavy atom. The number of ether oxygens (including phenoxy) is 2. The molecule has 24 heavy (non-hydrogen) atoms. The number of benzene rings is 2. The van der Waals surface area contributed by atoms with Crippen LogP contribution in [0.15, 0.2) is 46.2 Å². The molecule has 3 rings (SSSR count). The first kappa shape index (κ1) is 16.4. The van der Waals surface area contributed by atoms with Crippen LogP contribution in [0.2, 0.25) is 0 Å². The van der Waals surface area contributed by atoms with Crippen molar-refractivity contribution < 1.29 is 19.5 Å². The number of para-hydroxylation sites is 1. The van der Waals surface area contributed by atoms with Crippen molar-refractivity contribution in [2.24, 2.45) is 0 Å². The van der Waals surface area contributed by atoms with E-state index < -0.39 is 6.03 Å². The van der Waals surface area contributed by atoms with Gasteiger partial charge < -0.3 is 9.47 Å². The zero-order valence-electron chi connectivity index (χ0n) is 13.4. The summed E-state index contributed by atoms with van der Waals surface area (Å²) >= 11 is 1.40. The molecule has 2 amide bonds. The monoisotopic (exact) mass is 347 g/mol. The lowest BCUT2D eigenvalue weighted by molar-refractivity contribution is 0.179. The van der Waals surface area contributed by atoms with E-state index >= 15 is 0 Å². The molecule has 2 aromatic carbocycles. The van der Waals surface area contributed by atoms with E-state index in [1.165, 1.54) is 23.9 Å². The second-order valence-electron chi connectivity index (χ2n) is 5.22. The molecule has 1 heterocycles. The predicted octanol–water partition coefficient (Wildman–Crippen LogP) is 3.33. The van der Waals surface area contributed by atoms with Gasteiger partial charge in [0.25, 0.3) is 0 Å². The quantitative estimate of drug-likeness (QED) is 0.559. The maximum atomic E-state index is 12.2. The number of rotatable bonds is 3. The average Bonchev–Trinajstić information content (AvgIpc) is 2.57. The molecule has 8 heteroatoms. The largest absolute Gasteiger partial charge is 0.494 e. The lowest BCUT2D eigenvalue weighted by Gasteiger charge is -2.26. The number of hydroxylamine groups is 1. The van der Waals surface area contributed by atoms with Crippen molar-refractivity contribution in [3.05, 3.63) is 36.4 Å². The van der Waals surface area contributed by atoms with Crippen molar-refractivity contribution in [2.75, 3.05) is 26.3 Å². The van der Waals surface area contributed by atoms with E-state index in [0.717, 1.165) is 10.6 Å². The first-order valence-corrected chi connectivity index (χ1v) is 7.95. The Kier molecular flexibility index (Phi) is 4.52. The second-order valence-corrected chi connectivity index (χ2v) is 6.27. The van der Waals surface area contributed by atoms with Crippen LogP contribution in [0.4, 0.5) is 10.5 Å².